The summed E-state index contributed by atoms with van der Waals surface area (Å²) >= 11 is 0. The Morgan fingerprint density at radius 3 is 3.04 bits per heavy atom. The topological polar surface area (TPSA) is 48.0 Å². The van der Waals surface area contributed by atoms with Crippen LogP contribution in [-0.4, -0.2) is 56.4 Å². The number of carbonyl (C=O) groups is 1. The summed E-state index contributed by atoms with van der Waals surface area (Å²) < 4.78 is 16.9. The van der Waals surface area contributed by atoms with Gasteiger partial charge < -0.3 is 19.1 Å². The highest BCUT2D eigenvalue weighted by Crippen LogP contribution is 2.40. The Kier molecular flexibility index (Phi) is 3.99. The van der Waals surface area contributed by atoms with Crippen LogP contribution in [0.3, 0.4) is 0 Å². The molecule has 3 aliphatic heterocycles. The molecule has 1 atom stereocenters. The number of fused-ring (bicyclic) bond motifs is 1. The lowest BCUT2D eigenvalue weighted by atomic mass is 9.74. The smallest absolute Gasteiger partial charge is 0.248 e. The summed E-state index contributed by atoms with van der Waals surface area (Å²) in [5.41, 5.74) is 1.35. The second kappa shape index (κ2) is 6.13. The van der Waals surface area contributed by atoms with Gasteiger partial charge in [0.2, 0.25) is 5.91 Å². The summed E-state index contributed by atoms with van der Waals surface area (Å²) in [7, 11) is 0. The number of para-hydroxylation sites is 1. The van der Waals surface area contributed by atoms with Gasteiger partial charge in [-0.15, -0.1) is 0 Å². The minimum Gasteiger partial charge on any atom is -0.493 e. The van der Waals surface area contributed by atoms with Crippen molar-refractivity contribution in [2.24, 2.45) is 5.41 Å². The number of nitrogens with zero attached hydrogens (tertiary/aromatic N) is 1. The molecule has 2 fully saturated rings. The monoisotopic (exact) mass is 317 g/mol. The average Bonchev–Trinajstić information content (AvgIpc) is 3.05. The van der Waals surface area contributed by atoms with Crippen LogP contribution in [0.5, 0.6) is 5.75 Å². The van der Waals surface area contributed by atoms with E-state index in [9.17, 15) is 4.79 Å². The molecule has 0 aromatic heterocycles. The highest BCUT2D eigenvalue weighted by Gasteiger charge is 2.47. The zero-order valence-electron chi connectivity index (χ0n) is 13.3. The van der Waals surface area contributed by atoms with Crippen LogP contribution in [0, 0.1) is 5.41 Å². The molecule has 2 saturated heterocycles. The Morgan fingerprint density at radius 1 is 1.35 bits per heavy atom. The first-order valence-electron chi connectivity index (χ1n) is 8.42. The predicted octanol–water partition coefficient (Wildman–Crippen LogP) is 1.65. The number of hydrogen-bond donors (Lipinski definition) is 0. The highest BCUT2D eigenvalue weighted by molar-refractivity contribution is 5.78. The van der Waals surface area contributed by atoms with E-state index in [4.69, 9.17) is 14.2 Å². The first-order chi connectivity index (χ1) is 11.2. The highest BCUT2D eigenvalue weighted by atomic mass is 16.5. The first kappa shape index (κ1) is 15.0. The van der Waals surface area contributed by atoms with E-state index in [0.29, 0.717) is 13.2 Å². The van der Waals surface area contributed by atoms with Crippen molar-refractivity contribution in [3.63, 3.8) is 0 Å². The molecule has 0 radical (unpaired) electrons. The van der Waals surface area contributed by atoms with Crippen molar-refractivity contribution in [1.29, 1.82) is 0 Å². The van der Waals surface area contributed by atoms with E-state index in [1.54, 1.807) is 0 Å². The Hall–Kier alpha value is -1.59. The summed E-state index contributed by atoms with van der Waals surface area (Å²) in [4.78, 5) is 14.1. The fourth-order valence-corrected chi connectivity index (χ4v) is 3.76. The van der Waals surface area contributed by atoms with Crippen LogP contribution in [0.15, 0.2) is 24.3 Å². The Morgan fingerprint density at radius 2 is 2.22 bits per heavy atom. The van der Waals surface area contributed by atoms with Gasteiger partial charge in [-0.1, -0.05) is 18.2 Å². The fourth-order valence-electron chi connectivity index (χ4n) is 3.76. The fraction of sp³-hybridized carbons (Fsp3) is 0.611. The lowest BCUT2D eigenvalue weighted by Crippen LogP contribution is -2.63. The molecular weight excluding hydrogens is 294 g/mol. The van der Waals surface area contributed by atoms with Gasteiger partial charge in [-0.3, -0.25) is 4.79 Å². The van der Waals surface area contributed by atoms with Crippen LogP contribution in [0.25, 0.3) is 0 Å². The van der Waals surface area contributed by atoms with Gasteiger partial charge in [0.05, 0.1) is 19.3 Å². The third-order valence-electron chi connectivity index (χ3n) is 5.03. The molecule has 1 amide bonds. The molecule has 1 aromatic rings. The van der Waals surface area contributed by atoms with E-state index >= 15 is 0 Å². The van der Waals surface area contributed by atoms with Gasteiger partial charge in [0.1, 0.15) is 12.4 Å². The Labute approximate surface area is 136 Å². The van der Waals surface area contributed by atoms with E-state index in [0.717, 1.165) is 44.7 Å². The maximum Gasteiger partial charge on any atom is 0.248 e. The number of hydrogen-bond acceptors (Lipinski definition) is 4. The quantitative estimate of drug-likeness (QED) is 0.847. The average molecular weight is 317 g/mol. The Balaban J connectivity index is 1.24. The molecule has 1 aromatic carbocycles. The van der Waals surface area contributed by atoms with E-state index in [1.807, 2.05) is 23.1 Å². The molecule has 5 nitrogen and oxygen atoms in total. The van der Waals surface area contributed by atoms with Crippen LogP contribution in [0.4, 0.5) is 0 Å². The lowest BCUT2D eigenvalue weighted by Gasteiger charge is -2.51. The largest absolute Gasteiger partial charge is 0.493 e. The predicted molar refractivity (Wildman–Crippen MR) is 84.4 cm³/mol. The summed E-state index contributed by atoms with van der Waals surface area (Å²) in [6.45, 7) is 3.74. The summed E-state index contributed by atoms with van der Waals surface area (Å²) in [6.07, 6.45) is 3.30. The SMILES string of the molecule is O=C(COCC1CCCO1)N1CC2(COc3ccccc3C2)C1. The van der Waals surface area contributed by atoms with Gasteiger partial charge in [0.25, 0.3) is 0 Å². The molecule has 0 saturated carbocycles. The van der Waals surface area contributed by atoms with Gasteiger partial charge in [-0.05, 0) is 30.9 Å². The van der Waals surface area contributed by atoms with Gasteiger partial charge in [-0.25, -0.2) is 0 Å². The van der Waals surface area contributed by atoms with E-state index in [-0.39, 0.29) is 24.0 Å². The zero-order valence-corrected chi connectivity index (χ0v) is 13.3. The van der Waals surface area contributed by atoms with Crippen LogP contribution in [0.2, 0.25) is 0 Å². The minimum absolute atomic E-state index is 0.0764. The maximum absolute atomic E-state index is 12.2. The van der Waals surface area contributed by atoms with E-state index < -0.39 is 0 Å². The number of likely N-dealkylation sites (tertiary alicyclic amines) is 1. The minimum atomic E-state index is 0.0764. The van der Waals surface area contributed by atoms with Gasteiger partial charge in [0, 0.05) is 25.1 Å². The number of benzene rings is 1. The molecule has 0 aliphatic carbocycles. The van der Waals surface area contributed by atoms with Crippen LogP contribution in [-0.2, 0) is 20.7 Å². The standard InChI is InChI=1S/C18H23NO4/c20-17(10-21-9-15-5-3-7-22-15)19-11-18(12-19)8-14-4-1-2-6-16(14)23-13-18/h1-2,4,6,15H,3,5,7-13H2. The third-order valence-corrected chi connectivity index (χ3v) is 5.03. The third kappa shape index (κ3) is 3.08. The summed E-state index contributed by atoms with van der Waals surface area (Å²) in [5.74, 6) is 1.07. The molecule has 3 aliphatic rings. The van der Waals surface area contributed by atoms with Crippen molar-refractivity contribution >= 4 is 5.91 Å². The van der Waals surface area contributed by atoms with E-state index in [1.165, 1.54) is 5.56 Å². The molecule has 4 rings (SSSR count). The first-order valence-corrected chi connectivity index (χ1v) is 8.42. The van der Waals surface area contributed by atoms with Crippen molar-refractivity contribution in [1.82, 2.24) is 4.90 Å². The molecule has 3 heterocycles. The van der Waals surface area contributed by atoms with Crippen molar-refractivity contribution in [2.45, 2.75) is 25.4 Å². The lowest BCUT2D eigenvalue weighted by molar-refractivity contribution is -0.152. The molecule has 5 heteroatoms. The number of ether oxygens (including phenoxy) is 3. The number of rotatable bonds is 4. The number of amides is 1. The maximum atomic E-state index is 12.2. The van der Waals surface area contributed by atoms with Crippen molar-refractivity contribution in [2.75, 3.05) is 39.5 Å². The van der Waals surface area contributed by atoms with Gasteiger partial charge in [0.15, 0.2) is 0 Å². The van der Waals surface area contributed by atoms with Crippen molar-refractivity contribution < 1.29 is 19.0 Å². The van der Waals surface area contributed by atoms with Gasteiger partial charge in [-0.2, -0.15) is 0 Å². The normalized spacial score (nSPS) is 24.9. The van der Waals surface area contributed by atoms with Crippen LogP contribution >= 0.6 is 0 Å². The Bertz CT molecular complexity index is 576. The molecule has 0 N–H and O–H groups in total. The summed E-state index contributed by atoms with van der Waals surface area (Å²) in [6, 6.07) is 8.18. The van der Waals surface area contributed by atoms with E-state index in [2.05, 4.69) is 6.07 Å². The zero-order chi connectivity index (χ0) is 15.7. The molecule has 0 bridgehead atoms. The molecule has 1 unspecified atom stereocenters. The molecular formula is C18H23NO4. The second-order valence-electron chi connectivity index (χ2n) is 6.97. The molecule has 124 valence electrons. The van der Waals surface area contributed by atoms with Crippen LogP contribution in [0.1, 0.15) is 18.4 Å². The second-order valence-corrected chi connectivity index (χ2v) is 6.97. The van der Waals surface area contributed by atoms with Crippen molar-refractivity contribution in [3.05, 3.63) is 29.8 Å². The van der Waals surface area contributed by atoms with Gasteiger partial charge >= 0.3 is 0 Å². The molecule has 23 heavy (non-hydrogen) atoms. The number of carbonyl (C=O) groups excluding carboxylic acids is 1. The van der Waals surface area contributed by atoms with Crippen molar-refractivity contribution in [3.8, 4) is 5.75 Å². The summed E-state index contributed by atoms with van der Waals surface area (Å²) in [5, 5.41) is 0. The molecule has 1 spiro atoms. The van der Waals surface area contributed by atoms with Crippen LogP contribution < -0.4 is 4.74 Å².